The number of aromatic nitrogens is 1. The first-order valence-corrected chi connectivity index (χ1v) is 7.88. The van der Waals surface area contributed by atoms with Crippen molar-refractivity contribution in [1.82, 2.24) is 14.8 Å². The van der Waals surface area contributed by atoms with Crippen molar-refractivity contribution in [3.8, 4) is 0 Å². The van der Waals surface area contributed by atoms with E-state index in [9.17, 15) is 4.79 Å². The molecule has 2 aliphatic rings. The molecule has 2 aliphatic heterocycles. The number of piperidine rings is 1. The van der Waals surface area contributed by atoms with Crippen LogP contribution in [0.4, 0.5) is 5.82 Å². The van der Waals surface area contributed by atoms with Crippen LogP contribution in [0.1, 0.15) is 30.9 Å². The maximum atomic E-state index is 11.2. The van der Waals surface area contributed by atoms with E-state index in [4.69, 9.17) is 0 Å². The molecule has 0 radical (unpaired) electrons. The molecule has 0 N–H and O–H groups in total. The second-order valence-corrected chi connectivity index (χ2v) is 6.09. The van der Waals surface area contributed by atoms with Crippen molar-refractivity contribution in [2.75, 3.05) is 44.7 Å². The number of likely N-dealkylation sites (N-methyl/N-ethyl adjacent to an activating group) is 1. The molecule has 0 bridgehead atoms. The molecular weight excluding hydrogens is 264 g/mol. The van der Waals surface area contributed by atoms with Gasteiger partial charge in [-0.15, -0.1) is 0 Å². The van der Waals surface area contributed by atoms with Crippen molar-refractivity contribution in [3.63, 3.8) is 0 Å². The van der Waals surface area contributed by atoms with Crippen LogP contribution in [0.3, 0.4) is 0 Å². The number of carbonyl (C=O) groups excluding carboxylic acids is 1. The summed E-state index contributed by atoms with van der Waals surface area (Å²) in [6.45, 7) is 5.11. The van der Waals surface area contributed by atoms with Gasteiger partial charge in [0.05, 0.1) is 6.04 Å². The number of anilines is 1. The third-order valence-corrected chi connectivity index (χ3v) is 4.66. The molecule has 1 atom stereocenters. The Bertz CT molecular complexity index is 468. The molecule has 0 saturated carbocycles. The average molecular weight is 288 g/mol. The predicted octanol–water partition coefficient (Wildman–Crippen LogP) is 1.52. The number of rotatable bonds is 3. The number of amides is 1. The van der Waals surface area contributed by atoms with Crippen LogP contribution in [-0.2, 0) is 4.79 Å². The van der Waals surface area contributed by atoms with Crippen molar-refractivity contribution in [2.24, 2.45) is 0 Å². The first-order valence-electron chi connectivity index (χ1n) is 7.88. The van der Waals surface area contributed by atoms with E-state index in [1.54, 1.807) is 0 Å². The Morgan fingerprint density at radius 1 is 1.14 bits per heavy atom. The summed E-state index contributed by atoms with van der Waals surface area (Å²) in [4.78, 5) is 22.4. The maximum Gasteiger partial charge on any atom is 0.210 e. The molecular formula is C16H24N4O. The topological polar surface area (TPSA) is 39.7 Å². The molecule has 0 spiro atoms. The van der Waals surface area contributed by atoms with Gasteiger partial charge in [-0.25, -0.2) is 4.98 Å². The number of hydrogen-bond acceptors (Lipinski definition) is 4. The SMILES string of the molecule is CN1CCN(c2ccc([C@H]3CCCCN3C=O)cn2)CC1. The summed E-state index contributed by atoms with van der Waals surface area (Å²) < 4.78 is 0. The van der Waals surface area contributed by atoms with Gasteiger partial charge < -0.3 is 14.7 Å². The van der Waals surface area contributed by atoms with Crippen LogP contribution in [-0.4, -0.2) is 61.0 Å². The van der Waals surface area contributed by atoms with Crippen LogP contribution in [0, 0.1) is 0 Å². The zero-order valence-corrected chi connectivity index (χ0v) is 12.7. The molecule has 1 amide bonds. The molecule has 5 heteroatoms. The molecule has 0 aliphatic carbocycles. The van der Waals surface area contributed by atoms with Gasteiger partial charge in [0.2, 0.25) is 6.41 Å². The number of carbonyl (C=O) groups is 1. The van der Waals surface area contributed by atoms with E-state index in [1.165, 1.54) is 12.0 Å². The second-order valence-electron chi connectivity index (χ2n) is 6.09. The molecule has 1 aromatic rings. The van der Waals surface area contributed by atoms with Crippen molar-refractivity contribution < 1.29 is 4.79 Å². The molecule has 0 aromatic carbocycles. The highest BCUT2D eigenvalue weighted by atomic mass is 16.1. The zero-order valence-electron chi connectivity index (χ0n) is 12.7. The minimum Gasteiger partial charge on any atom is -0.354 e. The van der Waals surface area contributed by atoms with Crippen molar-refractivity contribution in [1.29, 1.82) is 0 Å². The minimum atomic E-state index is 0.213. The van der Waals surface area contributed by atoms with Crippen LogP contribution >= 0.6 is 0 Å². The van der Waals surface area contributed by atoms with E-state index >= 15 is 0 Å². The van der Waals surface area contributed by atoms with E-state index in [-0.39, 0.29) is 6.04 Å². The van der Waals surface area contributed by atoms with Crippen molar-refractivity contribution in [2.45, 2.75) is 25.3 Å². The minimum absolute atomic E-state index is 0.213. The van der Waals surface area contributed by atoms with Crippen molar-refractivity contribution in [3.05, 3.63) is 23.9 Å². The summed E-state index contributed by atoms with van der Waals surface area (Å²) in [7, 11) is 2.16. The Hall–Kier alpha value is -1.62. The monoisotopic (exact) mass is 288 g/mol. The fourth-order valence-electron chi connectivity index (χ4n) is 3.26. The summed E-state index contributed by atoms with van der Waals surface area (Å²) in [5.41, 5.74) is 1.17. The molecule has 2 fully saturated rings. The molecule has 3 rings (SSSR count). The summed E-state index contributed by atoms with van der Waals surface area (Å²) >= 11 is 0. The third kappa shape index (κ3) is 3.18. The molecule has 1 aromatic heterocycles. The normalized spacial score (nSPS) is 24.1. The second kappa shape index (κ2) is 6.43. The number of pyridine rings is 1. The summed E-state index contributed by atoms with van der Waals surface area (Å²) in [6.07, 6.45) is 6.30. The largest absolute Gasteiger partial charge is 0.354 e. The van der Waals surface area contributed by atoms with E-state index < -0.39 is 0 Å². The third-order valence-electron chi connectivity index (χ3n) is 4.66. The Kier molecular flexibility index (Phi) is 4.39. The van der Waals surface area contributed by atoms with Crippen LogP contribution in [0.5, 0.6) is 0 Å². The van der Waals surface area contributed by atoms with Crippen LogP contribution < -0.4 is 4.90 Å². The van der Waals surface area contributed by atoms with Gasteiger partial charge in [-0.2, -0.15) is 0 Å². The van der Waals surface area contributed by atoms with Gasteiger partial charge in [-0.3, -0.25) is 4.79 Å². The average Bonchev–Trinajstić information content (AvgIpc) is 2.56. The van der Waals surface area contributed by atoms with Crippen LogP contribution in [0.15, 0.2) is 18.3 Å². The van der Waals surface area contributed by atoms with Gasteiger partial charge in [0.1, 0.15) is 5.82 Å². The lowest BCUT2D eigenvalue weighted by molar-refractivity contribution is -0.121. The van der Waals surface area contributed by atoms with Gasteiger partial charge in [-0.05, 0) is 37.9 Å². The highest BCUT2D eigenvalue weighted by Crippen LogP contribution is 2.30. The van der Waals surface area contributed by atoms with Gasteiger partial charge >= 0.3 is 0 Å². The van der Waals surface area contributed by atoms with Crippen LogP contribution in [0.2, 0.25) is 0 Å². The summed E-state index contributed by atoms with van der Waals surface area (Å²) in [5, 5.41) is 0. The zero-order chi connectivity index (χ0) is 14.7. The van der Waals surface area contributed by atoms with Crippen LogP contribution in [0.25, 0.3) is 0 Å². The fourth-order valence-corrected chi connectivity index (χ4v) is 3.26. The Morgan fingerprint density at radius 3 is 2.62 bits per heavy atom. The lowest BCUT2D eigenvalue weighted by Crippen LogP contribution is -2.44. The Morgan fingerprint density at radius 2 is 1.95 bits per heavy atom. The Balaban J connectivity index is 1.70. The van der Waals surface area contributed by atoms with E-state index in [0.717, 1.165) is 57.8 Å². The van der Waals surface area contributed by atoms with Gasteiger partial charge in [0, 0.05) is 38.9 Å². The quantitative estimate of drug-likeness (QED) is 0.791. The van der Waals surface area contributed by atoms with Gasteiger partial charge in [-0.1, -0.05) is 6.07 Å². The number of nitrogens with zero attached hydrogens (tertiary/aromatic N) is 4. The standard InChI is InChI=1S/C16H24N4O/c1-18-8-10-19(11-9-18)16-6-5-14(12-17-16)15-4-2-3-7-20(15)13-21/h5-6,12-13,15H,2-4,7-11H2,1H3/t15-/m1/s1. The molecule has 3 heterocycles. The highest BCUT2D eigenvalue weighted by molar-refractivity contribution is 5.49. The number of likely N-dealkylation sites (tertiary alicyclic amines) is 1. The first kappa shape index (κ1) is 14.3. The molecule has 2 saturated heterocycles. The van der Waals surface area contributed by atoms with Gasteiger partial charge in [0.25, 0.3) is 0 Å². The van der Waals surface area contributed by atoms with E-state index in [0.29, 0.717) is 0 Å². The fraction of sp³-hybridized carbons (Fsp3) is 0.625. The lowest BCUT2D eigenvalue weighted by atomic mass is 9.97. The molecule has 21 heavy (non-hydrogen) atoms. The highest BCUT2D eigenvalue weighted by Gasteiger charge is 2.23. The lowest BCUT2D eigenvalue weighted by Gasteiger charge is -2.34. The number of piperazine rings is 1. The Labute approximate surface area is 126 Å². The summed E-state index contributed by atoms with van der Waals surface area (Å²) in [5.74, 6) is 1.06. The van der Waals surface area contributed by atoms with Gasteiger partial charge in [0.15, 0.2) is 0 Å². The van der Waals surface area contributed by atoms with Crippen molar-refractivity contribution >= 4 is 12.2 Å². The smallest absolute Gasteiger partial charge is 0.210 e. The first-order chi connectivity index (χ1) is 10.3. The maximum absolute atomic E-state index is 11.2. The molecule has 0 unspecified atom stereocenters. The summed E-state index contributed by atoms with van der Waals surface area (Å²) in [6, 6.07) is 4.47. The van der Waals surface area contributed by atoms with E-state index in [2.05, 4.69) is 34.0 Å². The predicted molar refractivity (Wildman–Crippen MR) is 83.3 cm³/mol. The van der Waals surface area contributed by atoms with E-state index in [1.807, 2.05) is 11.1 Å². The molecule has 5 nitrogen and oxygen atoms in total. The number of hydrogen-bond donors (Lipinski definition) is 0. The molecule has 114 valence electrons.